The van der Waals surface area contributed by atoms with Gasteiger partial charge in [-0.15, -0.1) is 0 Å². The van der Waals surface area contributed by atoms with Crippen LogP contribution in [0.25, 0.3) is 0 Å². The van der Waals surface area contributed by atoms with Crippen LogP contribution in [0.15, 0.2) is 41.1 Å². The predicted molar refractivity (Wildman–Crippen MR) is 79.8 cm³/mol. The summed E-state index contributed by atoms with van der Waals surface area (Å²) in [5.41, 5.74) is 1.00. The van der Waals surface area contributed by atoms with Crippen LogP contribution in [-0.2, 0) is 11.3 Å². The molecule has 0 saturated carbocycles. The van der Waals surface area contributed by atoms with Crippen LogP contribution in [0.1, 0.15) is 5.56 Å². The van der Waals surface area contributed by atoms with Gasteiger partial charge in [0.2, 0.25) is 0 Å². The number of halogens is 1. The van der Waals surface area contributed by atoms with Gasteiger partial charge in [0.05, 0.1) is 6.61 Å². The number of aromatic nitrogens is 2. The van der Waals surface area contributed by atoms with Gasteiger partial charge in [-0.2, -0.15) is 0 Å². The van der Waals surface area contributed by atoms with Crippen molar-refractivity contribution in [3.05, 3.63) is 46.7 Å². The van der Waals surface area contributed by atoms with Crippen molar-refractivity contribution >= 4 is 15.9 Å². The molecule has 2 aromatic rings. The average molecular weight is 338 g/mol. The molecule has 0 amide bonds. The summed E-state index contributed by atoms with van der Waals surface area (Å²) in [7, 11) is 1.68. The number of hydrogen-bond acceptors (Lipinski definition) is 5. The molecule has 2 rings (SSSR count). The molecule has 0 radical (unpaired) electrons. The third-order valence-corrected chi connectivity index (χ3v) is 3.05. The Bertz CT molecular complexity index is 517. The topological polar surface area (TPSA) is 56.3 Å². The van der Waals surface area contributed by atoms with Crippen molar-refractivity contribution in [3.8, 4) is 11.8 Å². The van der Waals surface area contributed by atoms with E-state index < -0.39 is 0 Å². The second-order valence-electron chi connectivity index (χ2n) is 4.10. The summed E-state index contributed by atoms with van der Waals surface area (Å²) in [6.07, 6.45) is 3.50. The van der Waals surface area contributed by atoms with Gasteiger partial charge in [-0.3, -0.25) is 0 Å². The Kier molecular flexibility index (Phi) is 5.91. The molecule has 1 aromatic carbocycles. The summed E-state index contributed by atoms with van der Waals surface area (Å²) in [6.45, 7) is 2.20. The van der Waals surface area contributed by atoms with Gasteiger partial charge in [-0.05, 0) is 24.3 Å². The fraction of sp³-hybridized carbons (Fsp3) is 0.286. The largest absolute Gasteiger partial charge is 0.424 e. The standard InChI is InChI=1S/C14H16BrN3O2/c1-19-7-6-16-8-11-9-17-14(18-10-11)20-13-4-2-12(15)3-5-13/h2-5,9-10,16H,6-8H2,1H3. The maximum atomic E-state index is 5.55. The zero-order valence-corrected chi connectivity index (χ0v) is 12.8. The first-order valence-corrected chi connectivity index (χ1v) is 7.01. The number of nitrogens with zero attached hydrogens (tertiary/aromatic N) is 2. The van der Waals surface area contributed by atoms with Crippen molar-refractivity contribution in [2.45, 2.75) is 6.54 Å². The van der Waals surface area contributed by atoms with E-state index in [-0.39, 0.29) is 0 Å². The van der Waals surface area contributed by atoms with Gasteiger partial charge < -0.3 is 14.8 Å². The van der Waals surface area contributed by atoms with Crippen LogP contribution >= 0.6 is 15.9 Å². The lowest BCUT2D eigenvalue weighted by Gasteiger charge is -2.06. The third kappa shape index (κ3) is 4.88. The Labute approximate surface area is 126 Å². The van der Waals surface area contributed by atoms with E-state index in [0.717, 1.165) is 16.6 Å². The second kappa shape index (κ2) is 7.94. The molecule has 0 fully saturated rings. The Morgan fingerprint density at radius 3 is 2.50 bits per heavy atom. The van der Waals surface area contributed by atoms with Gasteiger partial charge in [0.1, 0.15) is 5.75 Å². The molecule has 1 N–H and O–H groups in total. The van der Waals surface area contributed by atoms with Crippen LogP contribution in [0.5, 0.6) is 11.8 Å². The van der Waals surface area contributed by atoms with E-state index in [1.165, 1.54) is 0 Å². The Balaban J connectivity index is 1.86. The van der Waals surface area contributed by atoms with E-state index in [9.17, 15) is 0 Å². The molecule has 106 valence electrons. The first-order chi connectivity index (χ1) is 9.78. The summed E-state index contributed by atoms with van der Waals surface area (Å²) in [6, 6.07) is 7.86. The summed E-state index contributed by atoms with van der Waals surface area (Å²) in [5, 5.41) is 3.23. The summed E-state index contributed by atoms with van der Waals surface area (Å²) < 4.78 is 11.5. The number of hydrogen-bond donors (Lipinski definition) is 1. The summed E-state index contributed by atoms with van der Waals surface area (Å²) in [5.74, 6) is 0.708. The highest BCUT2D eigenvalue weighted by molar-refractivity contribution is 9.10. The molecule has 5 nitrogen and oxygen atoms in total. The van der Waals surface area contributed by atoms with Gasteiger partial charge >= 0.3 is 6.01 Å². The maximum Gasteiger partial charge on any atom is 0.321 e. The predicted octanol–water partition coefficient (Wildman–Crippen LogP) is 2.77. The minimum atomic E-state index is 0.341. The van der Waals surface area contributed by atoms with Crippen LogP contribution in [0.2, 0.25) is 0 Å². The second-order valence-corrected chi connectivity index (χ2v) is 5.02. The number of rotatable bonds is 7. The quantitative estimate of drug-likeness (QED) is 0.787. The normalized spacial score (nSPS) is 10.5. The molecule has 0 bridgehead atoms. The fourth-order valence-electron chi connectivity index (χ4n) is 1.50. The highest BCUT2D eigenvalue weighted by atomic mass is 79.9. The lowest BCUT2D eigenvalue weighted by atomic mass is 10.3. The molecular formula is C14H16BrN3O2. The first-order valence-electron chi connectivity index (χ1n) is 6.22. The zero-order valence-electron chi connectivity index (χ0n) is 11.2. The summed E-state index contributed by atoms with van der Waals surface area (Å²) in [4.78, 5) is 8.36. The van der Waals surface area contributed by atoms with E-state index in [2.05, 4.69) is 31.2 Å². The maximum absolute atomic E-state index is 5.55. The Hall–Kier alpha value is -1.50. The number of nitrogens with one attached hydrogen (secondary N) is 1. The molecule has 0 spiro atoms. The third-order valence-electron chi connectivity index (χ3n) is 2.52. The molecule has 0 aliphatic heterocycles. The Morgan fingerprint density at radius 2 is 1.85 bits per heavy atom. The van der Waals surface area contributed by atoms with E-state index in [1.54, 1.807) is 19.5 Å². The van der Waals surface area contributed by atoms with E-state index in [1.807, 2.05) is 24.3 Å². The zero-order chi connectivity index (χ0) is 14.2. The van der Waals surface area contributed by atoms with Gasteiger partial charge in [0.15, 0.2) is 0 Å². The lowest BCUT2D eigenvalue weighted by molar-refractivity contribution is 0.199. The molecule has 20 heavy (non-hydrogen) atoms. The smallest absolute Gasteiger partial charge is 0.321 e. The van der Waals surface area contributed by atoms with Crippen LogP contribution in [0.3, 0.4) is 0 Å². The van der Waals surface area contributed by atoms with Crippen molar-refractivity contribution in [1.29, 1.82) is 0 Å². The van der Waals surface area contributed by atoms with Gasteiger partial charge in [0, 0.05) is 42.6 Å². The molecule has 0 aliphatic rings. The van der Waals surface area contributed by atoms with Crippen molar-refractivity contribution in [2.24, 2.45) is 0 Å². The first kappa shape index (κ1) is 14.9. The van der Waals surface area contributed by atoms with Crippen molar-refractivity contribution in [2.75, 3.05) is 20.3 Å². The lowest BCUT2D eigenvalue weighted by Crippen LogP contribution is -2.18. The van der Waals surface area contributed by atoms with Gasteiger partial charge in [-0.1, -0.05) is 15.9 Å². The van der Waals surface area contributed by atoms with Crippen LogP contribution in [0, 0.1) is 0 Å². The van der Waals surface area contributed by atoms with Crippen molar-refractivity contribution in [1.82, 2.24) is 15.3 Å². The molecule has 0 atom stereocenters. The summed E-state index contributed by atoms with van der Waals surface area (Å²) >= 11 is 3.37. The molecule has 0 saturated heterocycles. The molecule has 0 aliphatic carbocycles. The molecule has 1 heterocycles. The van der Waals surface area contributed by atoms with Crippen LogP contribution in [0.4, 0.5) is 0 Å². The van der Waals surface area contributed by atoms with Crippen LogP contribution in [-0.4, -0.2) is 30.2 Å². The minimum Gasteiger partial charge on any atom is -0.424 e. The molecule has 0 unspecified atom stereocenters. The highest BCUT2D eigenvalue weighted by Crippen LogP contribution is 2.20. The average Bonchev–Trinajstić information content (AvgIpc) is 2.48. The molecule has 6 heteroatoms. The molecule has 1 aromatic heterocycles. The number of ether oxygens (including phenoxy) is 2. The Morgan fingerprint density at radius 1 is 1.15 bits per heavy atom. The monoisotopic (exact) mass is 337 g/mol. The fourth-order valence-corrected chi connectivity index (χ4v) is 1.77. The van der Waals surface area contributed by atoms with Crippen molar-refractivity contribution < 1.29 is 9.47 Å². The highest BCUT2D eigenvalue weighted by Gasteiger charge is 2.01. The minimum absolute atomic E-state index is 0.341. The number of methoxy groups -OCH3 is 1. The van der Waals surface area contributed by atoms with E-state index in [4.69, 9.17) is 9.47 Å². The van der Waals surface area contributed by atoms with E-state index >= 15 is 0 Å². The van der Waals surface area contributed by atoms with Gasteiger partial charge in [-0.25, -0.2) is 9.97 Å². The van der Waals surface area contributed by atoms with Gasteiger partial charge in [0.25, 0.3) is 0 Å². The van der Waals surface area contributed by atoms with Crippen LogP contribution < -0.4 is 10.1 Å². The van der Waals surface area contributed by atoms with Crippen molar-refractivity contribution in [3.63, 3.8) is 0 Å². The molecular weight excluding hydrogens is 322 g/mol. The van der Waals surface area contributed by atoms with E-state index in [0.29, 0.717) is 24.9 Å². The SMILES string of the molecule is COCCNCc1cnc(Oc2ccc(Br)cc2)nc1. The number of benzene rings is 1.